The van der Waals surface area contributed by atoms with Gasteiger partial charge in [0, 0.05) is 18.6 Å². The Balaban J connectivity index is 1.67. The molecule has 2 nitrogen and oxygen atoms in total. The summed E-state index contributed by atoms with van der Waals surface area (Å²) in [6, 6.07) is 7.60. The predicted molar refractivity (Wildman–Crippen MR) is 77.4 cm³/mol. The summed E-state index contributed by atoms with van der Waals surface area (Å²) in [4.78, 5) is 2.65. The first kappa shape index (κ1) is 12.3. The van der Waals surface area contributed by atoms with Crippen LogP contribution in [0.2, 0.25) is 5.02 Å². The average molecular weight is 265 g/mol. The van der Waals surface area contributed by atoms with Gasteiger partial charge in [0.15, 0.2) is 0 Å². The molecule has 0 aliphatic carbocycles. The number of aryl methyl sites for hydroxylation is 1. The maximum absolute atomic E-state index is 6.25. The second-order valence-corrected chi connectivity index (χ2v) is 6.09. The number of hydrogen-bond acceptors (Lipinski definition) is 2. The van der Waals surface area contributed by atoms with Crippen LogP contribution in [-0.2, 0) is 0 Å². The lowest BCUT2D eigenvalue weighted by Gasteiger charge is -2.35. The minimum atomic E-state index is 0.587. The van der Waals surface area contributed by atoms with E-state index in [0.717, 1.165) is 16.8 Å². The van der Waals surface area contributed by atoms with E-state index >= 15 is 0 Å². The molecule has 18 heavy (non-hydrogen) atoms. The number of rotatable bonds is 2. The van der Waals surface area contributed by atoms with Gasteiger partial charge in [0.25, 0.3) is 0 Å². The topological polar surface area (TPSA) is 15.3 Å². The van der Waals surface area contributed by atoms with Gasteiger partial charge < -0.3 is 10.2 Å². The van der Waals surface area contributed by atoms with Crippen LogP contribution < -0.4 is 5.32 Å². The second-order valence-electron chi connectivity index (χ2n) is 5.68. The molecule has 2 aliphatic heterocycles. The number of anilines is 1. The lowest BCUT2D eigenvalue weighted by atomic mass is 9.97. The van der Waals surface area contributed by atoms with Crippen LogP contribution in [-0.4, -0.2) is 30.1 Å². The monoisotopic (exact) mass is 264 g/mol. The molecule has 3 heteroatoms. The highest BCUT2D eigenvalue weighted by molar-refractivity contribution is 6.33. The Morgan fingerprint density at radius 2 is 2.17 bits per heavy atom. The van der Waals surface area contributed by atoms with Gasteiger partial charge in [0.2, 0.25) is 0 Å². The van der Waals surface area contributed by atoms with E-state index in [1.807, 2.05) is 6.07 Å². The Morgan fingerprint density at radius 1 is 1.28 bits per heavy atom. The zero-order valence-electron chi connectivity index (χ0n) is 11.0. The Labute approximate surface area is 114 Å². The third kappa shape index (κ3) is 2.50. The average Bonchev–Trinajstić information content (AvgIpc) is 2.81. The van der Waals surface area contributed by atoms with Crippen molar-refractivity contribution in [2.24, 2.45) is 0 Å². The Kier molecular flexibility index (Phi) is 3.49. The minimum absolute atomic E-state index is 0.587. The third-order valence-corrected chi connectivity index (χ3v) is 4.63. The molecule has 0 amide bonds. The molecule has 1 N–H and O–H groups in total. The first-order valence-corrected chi connectivity index (χ1v) is 7.37. The molecule has 0 spiro atoms. The van der Waals surface area contributed by atoms with Crippen molar-refractivity contribution in [1.29, 1.82) is 0 Å². The van der Waals surface area contributed by atoms with Gasteiger partial charge in [-0.1, -0.05) is 17.7 Å². The summed E-state index contributed by atoms with van der Waals surface area (Å²) in [5.41, 5.74) is 2.37. The van der Waals surface area contributed by atoms with Crippen molar-refractivity contribution in [3.63, 3.8) is 0 Å². The third-order valence-electron chi connectivity index (χ3n) is 4.30. The zero-order chi connectivity index (χ0) is 12.5. The summed E-state index contributed by atoms with van der Waals surface area (Å²) >= 11 is 6.25. The Hall–Kier alpha value is -0.730. The maximum Gasteiger partial charge on any atom is 0.0637 e. The highest BCUT2D eigenvalue weighted by atomic mass is 35.5. The van der Waals surface area contributed by atoms with Crippen molar-refractivity contribution < 1.29 is 0 Å². The van der Waals surface area contributed by atoms with Crippen LogP contribution in [0.3, 0.4) is 0 Å². The van der Waals surface area contributed by atoms with Crippen molar-refractivity contribution in [1.82, 2.24) is 4.90 Å². The first-order valence-electron chi connectivity index (χ1n) is 6.99. The number of benzene rings is 1. The van der Waals surface area contributed by atoms with E-state index < -0.39 is 0 Å². The highest BCUT2D eigenvalue weighted by Crippen LogP contribution is 2.30. The summed E-state index contributed by atoms with van der Waals surface area (Å²) in [6.07, 6.45) is 5.26. The van der Waals surface area contributed by atoms with Crippen molar-refractivity contribution in [2.45, 2.75) is 44.7 Å². The lowest BCUT2D eigenvalue weighted by molar-refractivity contribution is 0.188. The van der Waals surface area contributed by atoms with Crippen molar-refractivity contribution in [2.75, 3.05) is 18.4 Å². The molecular formula is C15H21ClN2. The van der Waals surface area contributed by atoms with E-state index in [-0.39, 0.29) is 0 Å². The number of fused-ring (bicyclic) bond motifs is 1. The number of halogens is 1. The van der Waals surface area contributed by atoms with E-state index in [1.165, 1.54) is 44.3 Å². The number of piperidine rings is 1. The second kappa shape index (κ2) is 5.10. The molecule has 2 atom stereocenters. The van der Waals surface area contributed by atoms with Crippen LogP contribution >= 0.6 is 11.6 Å². The minimum Gasteiger partial charge on any atom is -0.381 e. The normalized spacial score (nSPS) is 28.1. The maximum atomic E-state index is 6.25. The summed E-state index contributed by atoms with van der Waals surface area (Å²) in [5, 5.41) is 4.49. The summed E-state index contributed by atoms with van der Waals surface area (Å²) < 4.78 is 0. The number of nitrogens with one attached hydrogen (secondary N) is 1. The molecule has 1 aromatic rings. The molecule has 98 valence electrons. The molecule has 2 heterocycles. The largest absolute Gasteiger partial charge is 0.381 e. The van der Waals surface area contributed by atoms with Gasteiger partial charge in [-0.05, 0) is 56.8 Å². The molecule has 1 aromatic carbocycles. The van der Waals surface area contributed by atoms with Crippen molar-refractivity contribution in [3.8, 4) is 0 Å². The number of hydrogen-bond donors (Lipinski definition) is 1. The van der Waals surface area contributed by atoms with E-state index in [2.05, 4.69) is 29.3 Å². The summed E-state index contributed by atoms with van der Waals surface area (Å²) in [7, 11) is 0. The Morgan fingerprint density at radius 3 is 3.06 bits per heavy atom. The predicted octanol–water partition coefficient (Wildman–Crippen LogP) is 3.69. The summed E-state index contributed by atoms with van der Waals surface area (Å²) in [6.45, 7) is 4.66. The smallest absolute Gasteiger partial charge is 0.0637 e. The standard InChI is InChI=1S/C15H21ClN2/c1-11-4-5-14(16)15(9-11)17-12-6-8-18-7-2-3-13(18)10-12/h4-5,9,12-13,17H,2-3,6-8,10H2,1H3. The fraction of sp³-hybridized carbons (Fsp3) is 0.600. The molecular weight excluding hydrogens is 244 g/mol. The van der Waals surface area contributed by atoms with Crippen LogP contribution in [0.25, 0.3) is 0 Å². The van der Waals surface area contributed by atoms with Gasteiger partial charge in [0.1, 0.15) is 0 Å². The fourth-order valence-corrected chi connectivity index (χ4v) is 3.50. The van der Waals surface area contributed by atoms with Gasteiger partial charge >= 0.3 is 0 Å². The van der Waals surface area contributed by atoms with Crippen LogP contribution in [0.1, 0.15) is 31.2 Å². The summed E-state index contributed by atoms with van der Waals surface area (Å²) in [5.74, 6) is 0. The number of nitrogens with zero attached hydrogens (tertiary/aromatic N) is 1. The molecule has 2 fully saturated rings. The van der Waals surface area contributed by atoms with Gasteiger partial charge in [-0.15, -0.1) is 0 Å². The molecule has 0 bridgehead atoms. The van der Waals surface area contributed by atoms with Gasteiger partial charge in [-0.3, -0.25) is 0 Å². The molecule has 3 rings (SSSR count). The van der Waals surface area contributed by atoms with Gasteiger partial charge in [-0.2, -0.15) is 0 Å². The molecule has 2 saturated heterocycles. The molecule has 2 unspecified atom stereocenters. The Bertz CT molecular complexity index is 433. The lowest BCUT2D eigenvalue weighted by Crippen LogP contribution is -2.42. The van der Waals surface area contributed by atoms with E-state index in [9.17, 15) is 0 Å². The van der Waals surface area contributed by atoms with E-state index in [1.54, 1.807) is 0 Å². The molecule has 2 aliphatic rings. The van der Waals surface area contributed by atoms with Crippen molar-refractivity contribution >= 4 is 17.3 Å². The van der Waals surface area contributed by atoms with Crippen LogP contribution in [0.15, 0.2) is 18.2 Å². The van der Waals surface area contributed by atoms with Crippen LogP contribution in [0.4, 0.5) is 5.69 Å². The molecule has 0 aromatic heterocycles. The first-order chi connectivity index (χ1) is 8.72. The van der Waals surface area contributed by atoms with Crippen LogP contribution in [0.5, 0.6) is 0 Å². The van der Waals surface area contributed by atoms with E-state index in [4.69, 9.17) is 11.6 Å². The zero-order valence-corrected chi connectivity index (χ0v) is 11.7. The van der Waals surface area contributed by atoms with Gasteiger partial charge in [-0.25, -0.2) is 0 Å². The van der Waals surface area contributed by atoms with E-state index in [0.29, 0.717) is 6.04 Å². The van der Waals surface area contributed by atoms with Crippen molar-refractivity contribution in [3.05, 3.63) is 28.8 Å². The molecule has 0 radical (unpaired) electrons. The fourth-order valence-electron chi connectivity index (χ4n) is 3.33. The highest BCUT2D eigenvalue weighted by Gasteiger charge is 2.31. The van der Waals surface area contributed by atoms with Crippen LogP contribution in [0, 0.1) is 6.92 Å². The SMILES string of the molecule is Cc1ccc(Cl)c(NC2CCN3CCCC3C2)c1. The quantitative estimate of drug-likeness (QED) is 0.877. The molecule has 0 saturated carbocycles. The van der Waals surface area contributed by atoms with Gasteiger partial charge in [0.05, 0.1) is 10.7 Å².